The standard InChI is InChI=1S/C16H29N3/c1-13(2)11-17-10-6-7-14(3)19-12-18-15-8-4-5-9-16(15)19/h12-14,17H,4-11H2,1-3H3. The van der Waals surface area contributed by atoms with Crippen LogP contribution in [-0.4, -0.2) is 22.6 Å². The molecule has 0 saturated carbocycles. The van der Waals surface area contributed by atoms with Crippen LogP contribution in [0.4, 0.5) is 0 Å². The highest BCUT2D eigenvalue weighted by atomic mass is 15.1. The lowest BCUT2D eigenvalue weighted by Crippen LogP contribution is -2.21. The van der Waals surface area contributed by atoms with Gasteiger partial charge in [0.15, 0.2) is 0 Å². The summed E-state index contributed by atoms with van der Waals surface area (Å²) in [6.45, 7) is 9.12. The highest BCUT2D eigenvalue weighted by Crippen LogP contribution is 2.24. The molecule has 0 aliphatic heterocycles. The lowest BCUT2D eigenvalue weighted by Gasteiger charge is -2.19. The van der Waals surface area contributed by atoms with Gasteiger partial charge in [-0.05, 0) is 64.5 Å². The molecule has 0 radical (unpaired) electrons. The van der Waals surface area contributed by atoms with E-state index in [0.717, 1.165) is 19.0 Å². The van der Waals surface area contributed by atoms with Gasteiger partial charge in [-0.2, -0.15) is 0 Å². The van der Waals surface area contributed by atoms with Crippen molar-refractivity contribution in [3.05, 3.63) is 17.7 Å². The van der Waals surface area contributed by atoms with E-state index in [1.54, 1.807) is 0 Å². The van der Waals surface area contributed by atoms with Crippen LogP contribution >= 0.6 is 0 Å². The van der Waals surface area contributed by atoms with Gasteiger partial charge >= 0.3 is 0 Å². The third-order valence-electron chi connectivity index (χ3n) is 4.06. The fourth-order valence-corrected chi connectivity index (χ4v) is 2.92. The summed E-state index contributed by atoms with van der Waals surface area (Å²) >= 11 is 0. The van der Waals surface area contributed by atoms with E-state index in [9.17, 15) is 0 Å². The molecule has 1 unspecified atom stereocenters. The second-order valence-electron chi connectivity index (χ2n) is 6.34. The van der Waals surface area contributed by atoms with E-state index in [0.29, 0.717) is 6.04 Å². The smallest absolute Gasteiger partial charge is 0.0954 e. The molecule has 0 amide bonds. The van der Waals surface area contributed by atoms with Crippen LogP contribution in [0.5, 0.6) is 0 Å². The number of aromatic nitrogens is 2. The van der Waals surface area contributed by atoms with Gasteiger partial charge in [-0.25, -0.2) is 4.98 Å². The first-order valence-corrected chi connectivity index (χ1v) is 7.93. The van der Waals surface area contributed by atoms with Crippen molar-refractivity contribution in [2.24, 2.45) is 5.92 Å². The first-order valence-electron chi connectivity index (χ1n) is 7.93. The Morgan fingerprint density at radius 2 is 2.05 bits per heavy atom. The Morgan fingerprint density at radius 3 is 2.84 bits per heavy atom. The average molecular weight is 263 g/mol. The molecule has 1 N–H and O–H groups in total. The third kappa shape index (κ3) is 4.07. The molecule has 19 heavy (non-hydrogen) atoms. The Labute approximate surface area is 117 Å². The molecular formula is C16H29N3. The van der Waals surface area contributed by atoms with Gasteiger partial charge in [-0.1, -0.05) is 13.8 Å². The molecule has 0 saturated heterocycles. The second-order valence-corrected chi connectivity index (χ2v) is 6.34. The van der Waals surface area contributed by atoms with Crippen molar-refractivity contribution < 1.29 is 0 Å². The molecule has 1 aliphatic rings. The monoisotopic (exact) mass is 263 g/mol. The summed E-state index contributed by atoms with van der Waals surface area (Å²) in [7, 11) is 0. The molecule has 0 spiro atoms. The number of nitrogens with zero attached hydrogens (tertiary/aromatic N) is 2. The van der Waals surface area contributed by atoms with Gasteiger partial charge in [0.2, 0.25) is 0 Å². The van der Waals surface area contributed by atoms with Gasteiger partial charge in [0.1, 0.15) is 0 Å². The van der Waals surface area contributed by atoms with E-state index in [1.807, 2.05) is 0 Å². The summed E-state index contributed by atoms with van der Waals surface area (Å²) in [6, 6.07) is 0.593. The van der Waals surface area contributed by atoms with E-state index in [-0.39, 0.29) is 0 Å². The third-order valence-corrected chi connectivity index (χ3v) is 4.06. The molecule has 1 heterocycles. The van der Waals surface area contributed by atoms with Gasteiger partial charge in [-0.15, -0.1) is 0 Å². The number of fused-ring (bicyclic) bond motifs is 1. The van der Waals surface area contributed by atoms with E-state index in [4.69, 9.17) is 0 Å². The minimum absolute atomic E-state index is 0.593. The molecule has 0 aromatic carbocycles. The van der Waals surface area contributed by atoms with Crippen molar-refractivity contribution in [1.82, 2.24) is 14.9 Å². The number of hydrogen-bond donors (Lipinski definition) is 1. The molecule has 108 valence electrons. The first kappa shape index (κ1) is 14.6. The number of nitrogens with one attached hydrogen (secondary N) is 1. The fraction of sp³-hybridized carbons (Fsp3) is 0.812. The molecule has 3 heteroatoms. The van der Waals surface area contributed by atoms with Crippen LogP contribution in [0.25, 0.3) is 0 Å². The fourth-order valence-electron chi connectivity index (χ4n) is 2.92. The number of imidazole rings is 1. The molecule has 1 aromatic rings. The van der Waals surface area contributed by atoms with E-state index in [1.165, 1.54) is 49.9 Å². The van der Waals surface area contributed by atoms with Crippen LogP contribution in [0.1, 0.15) is 63.9 Å². The molecule has 1 aliphatic carbocycles. The largest absolute Gasteiger partial charge is 0.332 e. The number of aryl methyl sites for hydroxylation is 1. The normalized spacial score (nSPS) is 16.6. The number of rotatable bonds is 7. The molecule has 2 rings (SSSR count). The molecular weight excluding hydrogens is 234 g/mol. The van der Waals surface area contributed by atoms with Crippen molar-refractivity contribution in [2.75, 3.05) is 13.1 Å². The first-order chi connectivity index (χ1) is 9.18. The molecule has 3 nitrogen and oxygen atoms in total. The Hall–Kier alpha value is -0.830. The highest BCUT2D eigenvalue weighted by Gasteiger charge is 2.17. The Balaban J connectivity index is 1.77. The molecule has 1 atom stereocenters. The maximum absolute atomic E-state index is 4.59. The lowest BCUT2D eigenvalue weighted by atomic mass is 10.0. The second kappa shape index (κ2) is 7.09. The quantitative estimate of drug-likeness (QED) is 0.765. The number of hydrogen-bond acceptors (Lipinski definition) is 2. The maximum Gasteiger partial charge on any atom is 0.0954 e. The van der Waals surface area contributed by atoms with Crippen molar-refractivity contribution in [3.8, 4) is 0 Å². The van der Waals surface area contributed by atoms with Crippen molar-refractivity contribution in [3.63, 3.8) is 0 Å². The van der Waals surface area contributed by atoms with Crippen LogP contribution in [0.3, 0.4) is 0 Å². The topological polar surface area (TPSA) is 29.9 Å². The van der Waals surface area contributed by atoms with Gasteiger partial charge < -0.3 is 9.88 Å². The highest BCUT2D eigenvalue weighted by molar-refractivity contribution is 5.17. The zero-order chi connectivity index (χ0) is 13.7. The maximum atomic E-state index is 4.59. The van der Waals surface area contributed by atoms with E-state index in [2.05, 4.69) is 42.0 Å². The minimum Gasteiger partial charge on any atom is -0.332 e. The van der Waals surface area contributed by atoms with Gasteiger partial charge in [0, 0.05) is 11.7 Å². The molecule has 1 aromatic heterocycles. The predicted octanol–water partition coefficient (Wildman–Crippen LogP) is 3.35. The van der Waals surface area contributed by atoms with Crippen molar-refractivity contribution in [1.29, 1.82) is 0 Å². The van der Waals surface area contributed by atoms with E-state index < -0.39 is 0 Å². The predicted molar refractivity (Wildman–Crippen MR) is 80.5 cm³/mol. The van der Waals surface area contributed by atoms with Crippen molar-refractivity contribution >= 4 is 0 Å². The SMILES string of the molecule is CC(C)CNCCCC(C)n1cnc2c1CCCC2. The van der Waals surface area contributed by atoms with Crippen LogP contribution in [0, 0.1) is 5.92 Å². The summed E-state index contributed by atoms with van der Waals surface area (Å²) in [6.07, 6.45) is 9.63. The van der Waals surface area contributed by atoms with Crippen LogP contribution in [0.15, 0.2) is 6.33 Å². The lowest BCUT2D eigenvalue weighted by molar-refractivity contribution is 0.449. The zero-order valence-electron chi connectivity index (χ0n) is 12.8. The Kier molecular flexibility index (Phi) is 5.44. The molecule has 0 fully saturated rings. The summed E-state index contributed by atoms with van der Waals surface area (Å²) < 4.78 is 2.43. The molecule has 0 bridgehead atoms. The Bertz CT molecular complexity index is 381. The summed E-state index contributed by atoms with van der Waals surface area (Å²) in [5.74, 6) is 0.748. The van der Waals surface area contributed by atoms with Crippen LogP contribution in [-0.2, 0) is 12.8 Å². The van der Waals surface area contributed by atoms with Gasteiger partial charge in [0.05, 0.1) is 12.0 Å². The summed E-state index contributed by atoms with van der Waals surface area (Å²) in [5, 5.41) is 3.52. The minimum atomic E-state index is 0.593. The summed E-state index contributed by atoms with van der Waals surface area (Å²) in [4.78, 5) is 4.59. The zero-order valence-corrected chi connectivity index (χ0v) is 12.8. The Morgan fingerprint density at radius 1 is 1.26 bits per heavy atom. The van der Waals surface area contributed by atoms with Crippen molar-refractivity contribution in [2.45, 2.75) is 65.3 Å². The van der Waals surface area contributed by atoms with E-state index >= 15 is 0 Å². The van der Waals surface area contributed by atoms with Crippen LogP contribution < -0.4 is 5.32 Å². The van der Waals surface area contributed by atoms with Gasteiger partial charge in [-0.3, -0.25) is 0 Å². The van der Waals surface area contributed by atoms with Gasteiger partial charge in [0.25, 0.3) is 0 Å². The van der Waals surface area contributed by atoms with Crippen LogP contribution in [0.2, 0.25) is 0 Å². The summed E-state index contributed by atoms with van der Waals surface area (Å²) in [5.41, 5.74) is 2.87. The average Bonchev–Trinajstić information content (AvgIpc) is 2.81.